The minimum absolute atomic E-state index is 0.597. The van der Waals surface area contributed by atoms with Crippen LogP contribution in [-0.2, 0) is 0 Å². The van der Waals surface area contributed by atoms with Crippen LogP contribution < -0.4 is 5.32 Å². The molecule has 1 aromatic heterocycles. The molecule has 0 bridgehead atoms. The Bertz CT molecular complexity index is 705. The van der Waals surface area contributed by atoms with Gasteiger partial charge in [-0.3, -0.25) is 0 Å². The van der Waals surface area contributed by atoms with Gasteiger partial charge in [0, 0.05) is 21.9 Å². The molecule has 0 amide bonds. The first-order valence-corrected chi connectivity index (χ1v) is 7.52. The van der Waals surface area contributed by atoms with Crippen molar-refractivity contribution in [2.24, 2.45) is 0 Å². The van der Waals surface area contributed by atoms with Crippen molar-refractivity contribution in [3.63, 3.8) is 0 Å². The number of anilines is 2. The van der Waals surface area contributed by atoms with Gasteiger partial charge >= 0.3 is 0 Å². The number of nitrogens with zero attached hydrogens (tertiary/aromatic N) is 1. The Labute approximate surface area is 131 Å². The predicted octanol–water partition coefficient (Wildman–Crippen LogP) is 5.86. The molecule has 2 nitrogen and oxygen atoms in total. The molecule has 0 aliphatic carbocycles. The minimum atomic E-state index is 0.597. The third-order valence-electron chi connectivity index (χ3n) is 2.68. The quantitative estimate of drug-likeness (QED) is 0.653. The van der Waals surface area contributed by atoms with Gasteiger partial charge in [0.2, 0.25) is 0 Å². The maximum atomic E-state index is 5.98. The summed E-state index contributed by atoms with van der Waals surface area (Å²) in [5, 5.41) is 5.22. The van der Waals surface area contributed by atoms with E-state index in [2.05, 4.69) is 22.4 Å². The standard InChI is InChI=1S/C15H10Cl2N2S/c16-11-6-12(17)8-13(7-11)19-15-18-9-14(20-15)10-4-2-1-3-5-10/h1-9H,(H,18,19). The first-order chi connectivity index (χ1) is 9.70. The van der Waals surface area contributed by atoms with Crippen molar-refractivity contribution in [3.05, 3.63) is 64.8 Å². The third kappa shape index (κ3) is 3.12. The van der Waals surface area contributed by atoms with E-state index in [1.54, 1.807) is 17.4 Å². The minimum Gasteiger partial charge on any atom is -0.331 e. The lowest BCUT2D eigenvalue weighted by atomic mass is 10.2. The van der Waals surface area contributed by atoms with Crippen molar-refractivity contribution in [1.29, 1.82) is 0 Å². The summed E-state index contributed by atoms with van der Waals surface area (Å²) in [7, 11) is 0. The molecule has 0 radical (unpaired) electrons. The summed E-state index contributed by atoms with van der Waals surface area (Å²) in [5.74, 6) is 0. The molecule has 0 unspecified atom stereocenters. The first-order valence-electron chi connectivity index (χ1n) is 5.95. The van der Waals surface area contributed by atoms with Crippen LogP contribution in [0.15, 0.2) is 54.7 Å². The molecule has 3 aromatic rings. The molecule has 2 aromatic carbocycles. The molecule has 0 fully saturated rings. The van der Waals surface area contributed by atoms with Gasteiger partial charge < -0.3 is 5.32 Å². The van der Waals surface area contributed by atoms with Crippen LogP contribution in [0.4, 0.5) is 10.8 Å². The number of thiazole rings is 1. The smallest absolute Gasteiger partial charge is 0.187 e. The highest BCUT2D eigenvalue weighted by atomic mass is 35.5. The van der Waals surface area contributed by atoms with E-state index in [0.717, 1.165) is 21.3 Å². The Balaban J connectivity index is 1.84. The van der Waals surface area contributed by atoms with Crippen molar-refractivity contribution < 1.29 is 0 Å². The maximum absolute atomic E-state index is 5.98. The van der Waals surface area contributed by atoms with E-state index in [1.807, 2.05) is 36.5 Å². The van der Waals surface area contributed by atoms with Crippen LogP contribution in [0.25, 0.3) is 10.4 Å². The zero-order valence-electron chi connectivity index (χ0n) is 10.3. The Morgan fingerprint density at radius 3 is 2.35 bits per heavy atom. The van der Waals surface area contributed by atoms with Gasteiger partial charge in [-0.1, -0.05) is 64.9 Å². The van der Waals surface area contributed by atoms with Gasteiger partial charge in [-0.15, -0.1) is 0 Å². The van der Waals surface area contributed by atoms with Crippen LogP contribution >= 0.6 is 34.5 Å². The van der Waals surface area contributed by atoms with Gasteiger partial charge in [0.15, 0.2) is 5.13 Å². The van der Waals surface area contributed by atoms with Gasteiger partial charge in [0.05, 0.1) is 4.88 Å². The Hall–Kier alpha value is -1.55. The zero-order chi connectivity index (χ0) is 13.9. The van der Waals surface area contributed by atoms with E-state index in [4.69, 9.17) is 23.2 Å². The normalized spacial score (nSPS) is 10.5. The fourth-order valence-electron chi connectivity index (χ4n) is 1.82. The van der Waals surface area contributed by atoms with Gasteiger partial charge in [-0.2, -0.15) is 0 Å². The van der Waals surface area contributed by atoms with Crippen LogP contribution in [0.1, 0.15) is 0 Å². The summed E-state index contributed by atoms with van der Waals surface area (Å²) in [4.78, 5) is 5.48. The van der Waals surface area contributed by atoms with E-state index >= 15 is 0 Å². The topological polar surface area (TPSA) is 24.9 Å². The number of nitrogens with one attached hydrogen (secondary N) is 1. The molecule has 0 aliphatic rings. The van der Waals surface area contributed by atoms with E-state index < -0.39 is 0 Å². The van der Waals surface area contributed by atoms with Crippen LogP contribution in [0.2, 0.25) is 10.0 Å². The van der Waals surface area contributed by atoms with Crippen LogP contribution in [0, 0.1) is 0 Å². The second-order valence-corrected chi connectivity index (χ2v) is 6.08. The summed E-state index contributed by atoms with van der Waals surface area (Å²) in [6, 6.07) is 15.5. The van der Waals surface area contributed by atoms with E-state index in [0.29, 0.717) is 10.0 Å². The molecule has 3 rings (SSSR count). The van der Waals surface area contributed by atoms with Crippen LogP contribution in [0.5, 0.6) is 0 Å². The predicted molar refractivity (Wildman–Crippen MR) is 87.3 cm³/mol. The second-order valence-electron chi connectivity index (χ2n) is 4.18. The number of aromatic nitrogens is 1. The fraction of sp³-hybridized carbons (Fsp3) is 0. The number of hydrogen-bond acceptors (Lipinski definition) is 3. The molecule has 0 saturated carbocycles. The van der Waals surface area contributed by atoms with Crippen LogP contribution in [0.3, 0.4) is 0 Å². The first kappa shape index (κ1) is 13.4. The largest absolute Gasteiger partial charge is 0.331 e. The highest BCUT2D eigenvalue weighted by molar-refractivity contribution is 7.18. The average Bonchev–Trinajstić information content (AvgIpc) is 2.87. The fourth-order valence-corrected chi connectivity index (χ4v) is 3.19. The molecule has 1 heterocycles. The summed E-state index contributed by atoms with van der Waals surface area (Å²) in [5.41, 5.74) is 1.98. The molecule has 20 heavy (non-hydrogen) atoms. The molecule has 1 N–H and O–H groups in total. The van der Waals surface area contributed by atoms with Gasteiger partial charge in [-0.25, -0.2) is 4.98 Å². The molecule has 0 spiro atoms. The van der Waals surface area contributed by atoms with E-state index in [9.17, 15) is 0 Å². The van der Waals surface area contributed by atoms with Crippen molar-refractivity contribution in [1.82, 2.24) is 4.98 Å². The number of halogens is 2. The highest BCUT2D eigenvalue weighted by Crippen LogP contribution is 2.31. The lowest BCUT2D eigenvalue weighted by Crippen LogP contribution is -1.88. The van der Waals surface area contributed by atoms with Gasteiger partial charge in [0.1, 0.15) is 0 Å². The van der Waals surface area contributed by atoms with Crippen molar-refractivity contribution >= 4 is 45.4 Å². The lowest BCUT2D eigenvalue weighted by Gasteiger charge is -2.03. The van der Waals surface area contributed by atoms with Crippen LogP contribution in [-0.4, -0.2) is 4.98 Å². The zero-order valence-corrected chi connectivity index (χ0v) is 12.6. The Morgan fingerprint density at radius 2 is 1.65 bits per heavy atom. The summed E-state index contributed by atoms with van der Waals surface area (Å²) in [6.07, 6.45) is 1.86. The number of hydrogen-bond donors (Lipinski definition) is 1. The summed E-state index contributed by atoms with van der Waals surface area (Å²) < 4.78 is 0. The maximum Gasteiger partial charge on any atom is 0.187 e. The summed E-state index contributed by atoms with van der Waals surface area (Å²) >= 11 is 13.5. The number of benzene rings is 2. The average molecular weight is 321 g/mol. The second kappa shape index (κ2) is 5.83. The molecular weight excluding hydrogens is 311 g/mol. The molecule has 0 saturated heterocycles. The van der Waals surface area contributed by atoms with E-state index in [-0.39, 0.29) is 0 Å². The van der Waals surface area contributed by atoms with Gasteiger partial charge in [-0.05, 0) is 23.8 Å². The molecule has 5 heteroatoms. The van der Waals surface area contributed by atoms with Crippen molar-refractivity contribution in [3.8, 4) is 10.4 Å². The lowest BCUT2D eigenvalue weighted by molar-refractivity contribution is 1.39. The van der Waals surface area contributed by atoms with Crippen molar-refractivity contribution in [2.75, 3.05) is 5.32 Å². The Kier molecular flexibility index (Phi) is 3.92. The Morgan fingerprint density at radius 1 is 0.950 bits per heavy atom. The third-order valence-corrected chi connectivity index (χ3v) is 4.08. The monoisotopic (exact) mass is 320 g/mol. The van der Waals surface area contributed by atoms with Crippen molar-refractivity contribution in [2.45, 2.75) is 0 Å². The molecule has 0 aliphatic heterocycles. The summed E-state index contributed by atoms with van der Waals surface area (Å²) in [6.45, 7) is 0. The highest BCUT2D eigenvalue weighted by Gasteiger charge is 2.05. The molecule has 100 valence electrons. The SMILES string of the molecule is Clc1cc(Cl)cc(Nc2ncc(-c3ccccc3)s2)c1. The molecule has 0 atom stereocenters. The molecular formula is C15H10Cl2N2S. The van der Waals surface area contributed by atoms with E-state index in [1.165, 1.54) is 0 Å². The van der Waals surface area contributed by atoms with Gasteiger partial charge in [0.25, 0.3) is 0 Å². The number of rotatable bonds is 3.